The summed E-state index contributed by atoms with van der Waals surface area (Å²) in [5.74, 6) is 1.55. The lowest BCUT2D eigenvalue weighted by atomic mass is 10.1. The molecule has 0 N–H and O–H groups in total. The molecule has 0 spiro atoms. The highest BCUT2D eigenvalue weighted by atomic mass is 32.2. The Kier molecular flexibility index (Phi) is 6.56. The highest BCUT2D eigenvalue weighted by Gasteiger charge is 2.32. The Balaban J connectivity index is 1.32. The number of hydrogen-bond donors (Lipinski definition) is 0. The number of benzene rings is 2. The van der Waals surface area contributed by atoms with Gasteiger partial charge in [-0.25, -0.2) is 0 Å². The van der Waals surface area contributed by atoms with Gasteiger partial charge < -0.3 is 13.7 Å². The molecule has 0 bridgehead atoms. The van der Waals surface area contributed by atoms with Gasteiger partial charge in [-0.15, -0.1) is 0 Å². The third-order valence-electron chi connectivity index (χ3n) is 5.77. The van der Waals surface area contributed by atoms with E-state index >= 15 is 0 Å². The minimum Gasteiger partial charge on any atom is -0.493 e. The molecule has 34 heavy (non-hydrogen) atoms. The second kappa shape index (κ2) is 9.91. The van der Waals surface area contributed by atoms with E-state index in [9.17, 15) is 4.79 Å². The van der Waals surface area contributed by atoms with Gasteiger partial charge in [0.1, 0.15) is 15.8 Å². The molecule has 2 aromatic carbocycles. The van der Waals surface area contributed by atoms with Crippen LogP contribution in [0.1, 0.15) is 23.3 Å². The van der Waals surface area contributed by atoms with Crippen LogP contribution in [0.25, 0.3) is 17.0 Å². The first-order valence-corrected chi connectivity index (χ1v) is 12.4. The van der Waals surface area contributed by atoms with Gasteiger partial charge in [0.05, 0.1) is 24.3 Å². The molecule has 1 aliphatic heterocycles. The van der Waals surface area contributed by atoms with Crippen molar-refractivity contribution in [3.63, 3.8) is 0 Å². The number of thiocarbonyl (C=S) groups is 1. The van der Waals surface area contributed by atoms with Crippen LogP contribution in [0.2, 0.25) is 0 Å². The van der Waals surface area contributed by atoms with Crippen molar-refractivity contribution in [3.05, 3.63) is 94.9 Å². The van der Waals surface area contributed by atoms with Gasteiger partial charge in [0.25, 0.3) is 5.91 Å². The van der Waals surface area contributed by atoms with Gasteiger partial charge in [-0.3, -0.25) is 9.69 Å². The van der Waals surface area contributed by atoms with Crippen LogP contribution in [0.5, 0.6) is 5.75 Å². The molecule has 5 rings (SSSR count). The average Bonchev–Trinajstić information content (AvgIpc) is 3.54. The number of para-hydroxylation sites is 2. The first-order valence-electron chi connectivity index (χ1n) is 11.1. The predicted molar refractivity (Wildman–Crippen MR) is 141 cm³/mol. The maximum atomic E-state index is 13.0. The zero-order chi connectivity index (χ0) is 23.5. The van der Waals surface area contributed by atoms with E-state index in [1.54, 1.807) is 11.2 Å². The van der Waals surface area contributed by atoms with Crippen LogP contribution < -0.4 is 4.74 Å². The minimum absolute atomic E-state index is 0.0881. The van der Waals surface area contributed by atoms with Crippen LogP contribution in [0.3, 0.4) is 0 Å². The topological polar surface area (TPSA) is 47.6 Å². The van der Waals surface area contributed by atoms with Crippen molar-refractivity contribution in [2.24, 2.45) is 0 Å². The van der Waals surface area contributed by atoms with Gasteiger partial charge in [0.15, 0.2) is 0 Å². The molecular formula is C27H24N2O3S2. The number of aryl methyl sites for hydroxylation is 2. The SMILES string of the molecule is Cc1ccccc1OCCCn1cc(/C=C2\SC(=S)N(Cc3ccco3)C2=O)c2ccccc21. The molecule has 3 heterocycles. The molecule has 4 aromatic rings. The van der Waals surface area contributed by atoms with Crippen molar-refractivity contribution in [3.8, 4) is 5.75 Å². The third-order valence-corrected chi connectivity index (χ3v) is 7.15. The quantitative estimate of drug-likeness (QED) is 0.163. The summed E-state index contributed by atoms with van der Waals surface area (Å²) in [6.45, 7) is 3.85. The van der Waals surface area contributed by atoms with E-state index in [0.717, 1.165) is 40.7 Å². The van der Waals surface area contributed by atoms with Gasteiger partial charge in [0.2, 0.25) is 0 Å². The van der Waals surface area contributed by atoms with E-state index in [1.165, 1.54) is 11.8 Å². The van der Waals surface area contributed by atoms with E-state index in [2.05, 4.69) is 35.9 Å². The van der Waals surface area contributed by atoms with Crippen LogP contribution in [-0.2, 0) is 17.9 Å². The van der Waals surface area contributed by atoms with E-state index in [4.69, 9.17) is 21.4 Å². The second-order valence-corrected chi connectivity index (χ2v) is 9.79. The third kappa shape index (κ3) is 4.67. The predicted octanol–water partition coefficient (Wildman–Crippen LogP) is 6.41. The Morgan fingerprint density at radius 3 is 2.74 bits per heavy atom. The average molecular weight is 489 g/mol. The van der Waals surface area contributed by atoms with E-state index in [1.807, 2.05) is 48.5 Å². The summed E-state index contributed by atoms with van der Waals surface area (Å²) in [5, 5.41) is 1.11. The molecule has 1 aliphatic rings. The standard InChI is InChI=1S/C27H24N2O3S2/c1-19-8-2-5-12-24(19)32-15-7-13-28-17-20(22-10-3-4-11-23(22)28)16-25-26(30)29(27(33)34-25)18-21-9-6-14-31-21/h2-6,8-12,14,16-17H,7,13,15,18H2,1H3/b25-16-. The summed E-state index contributed by atoms with van der Waals surface area (Å²) in [6.07, 6.45) is 6.53. The molecule has 2 aromatic heterocycles. The van der Waals surface area contributed by atoms with Crippen molar-refractivity contribution < 1.29 is 13.9 Å². The molecule has 1 saturated heterocycles. The molecule has 0 unspecified atom stereocenters. The van der Waals surface area contributed by atoms with E-state index in [0.29, 0.717) is 28.1 Å². The fraction of sp³-hybridized carbons (Fsp3) is 0.185. The van der Waals surface area contributed by atoms with E-state index < -0.39 is 0 Å². The summed E-state index contributed by atoms with van der Waals surface area (Å²) in [6, 6.07) is 20.0. The Morgan fingerprint density at radius 2 is 1.91 bits per heavy atom. The fourth-order valence-corrected chi connectivity index (χ4v) is 5.29. The Labute approximate surface area is 208 Å². The number of fused-ring (bicyclic) bond motifs is 1. The number of carbonyl (C=O) groups is 1. The van der Waals surface area contributed by atoms with Crippen molar-refractivity contribution >= 4 is 51.2 Å². The number of rotatable bonds is 8. The summed E-state index contributed by atoms with van der Waals surface area (Å²) in [4.78, 5) is 15.3. The first kappa shape index (κ1) is 22.5. The van der Waals surface area contributed by atoms with Crippen molar-refractivity contribution in [2.45, 2.75) is 26.4 Å². The lowest BCUT2D eigenvalue weighted by molar-refractivity contribution is -0.122. The van der Waals surface area contributed by atoms with Gasteiger partial charge in [-0.05, 0) is 49.2 Å². The number of nitrogens with zero attached hydrogens (tertiary/aromatic N) is 2. The van der Waals surface area contributed by atoms with Crippen molar-refractivity contribution in [2.75, 3.05) is 6.61 Å². The van der Waals surface area contributed by atoms with Gasteiger partial charge in [-0.1, -0.05) is 60.4 Å². The van der Waals surface area contributed by atoms with Crippen LogP contribution in [0, 0.1) is 6.92 Å². The van der Waals surface area contributed by atoms with Gasteiger partial charge in [0, 0.05) is 29.2 Å². The minimum atomic E-state index is -0.0881. The second-order valence-electron chi connectivity index (χ2n) is 8.11. The number of hydrogen-bond acceptors (Lipinski definition) is 5. The number of ether oxygens (including phenoxy) is 1. The highest BCUT2D eigenvalue weighted by molar-refractivity contribution is 8.26. The Hall–Kier alpha value is -3.29. The number of carbonyl (C=O) groups excluding carboxylic acids is 1. The molecule has 0 saturated carbocycles. The van der Waals surface area contributed by atoms with Crippen molar-refractivity contribution in [1.82, 2.24) is 9.47 Å². The van der Waals surface area contributed by atoms with Gasteiger partial charge >= 0.3 is 0 Å². The van der Waals surface area contributed by atoms with Crippen LogP contribution in [-0.4, -0.2) is 26.3 Å². The maximum absolute atomic E-state index is 13.0. The molecule has 7 heteroatoms. The molecule has 5 nitrogen and oxygen atoms in total. The fourth-order valence-electron chi connectivity index (χ4n) is 4.05. The summed E-state index contributed by atoms with van der Waals surface area (Å²) < 4.78 is 14.1. The number of thioether (sulfide) groups is 1. The summed E-state index contributed by atoms with van der Waals surface area (Å²) in [5.41, 5.74) is 3.28. The summed E-state index contributed by atoms with van der Waals surface area (Å²) >= 11 is 6.81. The lowest BCUT2D eigenvalue weighted by Gasteiger charge is -2.11. The van der Waals surface area contributed by atoms with Crippen LogP contribution >= 0.6 is 24.0 Å². The molecular weight excluding hydrogens is 464 g/mol. The highest BCUT2D eigenvalue weighted by Crippen LogP contribution is 2.35. The number of furan rings is 1. The Morgan fingerprint density at radius 1 is 1.09 bits per heavy atom. The lowest BCUT2D eigenvalue weighted by Crippen LogP contribution is -2.27. The zero-order valence-electron chi connectivity index (χ0n) is 18.8. The molecule has 0 atom stereocenters. The summed E-state index contributed by atoms with van der Waals surface area (Å²) in [7, 11) is 0. The maximum Gasteiger partial charge on any atom is 0.266 e. The van der Waals surface area contributed by atoms with Crippen LogP contribution in [0.4, 0.5) is 0 Å². The number of aromatic nitrogens is 1. The van der Waals surface area contributed by atoms with Crippen molar-refractivity contribution in [1.29, 1.82) is 0 Å². The molecule has 1 amide bonds. The largest absolute Gasteiger partial charge is 0.493 e. The molecule has 0 radical (unpaired) electrons. The first-order chi connectivity index (χ1) is 16.6. The zero-order valence-corrected chi connectivity index (χ0v) is 20.4. The normalized spacial score (nSPS) is 15.1. The monoisotopic (exact) mass is 488 g/mol. The number of amides is 1. The van der Waals surface area contributed by atoms with Crippen LogP contribution in [0.15, 0.2) is 82.4 Å². The smallest absolute Gasteiger partial charge is 0.266 e. The van der Waals surface area contributed by atoms with Gasteiger partial charge in [-0.2, -0.15) is 0 Å². The molecule has 1 fully saturated rings. The Bertz CT molecular complexity index is 1370. The van der Waals surface area contributed by atoms with E-state index in [-0.39, 0.29) is 5.91 Å². The molecule has 172 valence electrons. The molecule has 0 aliphatic carbocycles.